The van der Waals surface area contributed by atoms with Crippen LogP contribution in [0.15, 0.2) is 59.2 Å². The topological polar surface area (TPSA) is 116 Å². The highest BCUT2D eigenvalue weighted by Gasteiger charge is 2.17. The molecule has 0 atom stereocenters. The Morgan fingerprint density at radius 2 is 1.86 bits per heavy atom. The summed E-state index contributed by atoms with van der Waals surface area (Å²) >= 11 is 1.28. The van der Waals surface area contributed by atoms with Crippen LogP contribution in [0.4, 0.5) is 0 Å². The molecule has 1 aromatic carbocycles. The number of hydrogen-bond donors (Lipinski definition) is 2. The van der Waals surface area contributed by atoms with E-state index >= 15 is 0 Å². The molecule has 0 bridgehead atoms. The van der Waals surface area contributed by atoms with Gasteiger partial charge in [0.05, 0.1) is 11.3 Å². The van der Waals surface area contributed by atoms with Gasteiger partial charge in [-0.3, -0.25) is 14.4 Å². The molecule has 1 amide bonds. The van der Waals surface area contributed by atoms with Crippen LogP contribution >= 0.6 is 11.3 Å². The molecule has 0 spiro atoms. The van der Waals surface area contributed by atoms with Crippen LogP contribution in [-0.4, -0.2) is 29.4 Å². The fourth-order valence-electron chi connectivity index (χ4n) is 2.18. The molecule has 8 heteroatoms. The summed E-state index contributed by atoms with van der Waals surface area (Å²) < 4.78 is 4.84. The standard InChI is InChI=1S/C20H18N2O5S/c21-11-15(20(26)22-12-14-5-2-1-3-6-14)17(24)13-27-19(25)9-8-16(23)18-7-4-10-28-18/h1-7,10,24H,8-9,12-13H2,(H,22,26)/b17-15-. The van der Waals surface area contributed by atoms with Gasteiger partial charge in [-0.15, -0.1) is 11.3 Å². The van der Waals surface area contributed by atoms with Gasteiger partial charge in [-0.2, -0.15) is 5.26 Å². The van der Waals surface area contributed by atoms with Crippen LogP contribution in [0.5, 0.6) is 0 Å². The molecular weight excluding hydrogens is 380 g/mol. The maximum Gasteiger partial charge on any atom is 0.306 e. The van der Waals surface area contributed by atoms with Crippen molar-refractivity contribution in [3.8, 4) is 6.07 Å². The zero-order valence-corrected chi connectivity index (χ0v) is 15.7. The molecule has 0 aliphatic carbocycles. The van der Waals surface area contributed by atoms with E-state index in [4.69, 9.17) is 10.00 Å². The molecule has 0 aliphatic heterocycles. The lowest BCUT2D eigenvalue weighted by molar-refractivity contribution is -0.143. The second-order valence-corrected chi connectivity index (χ2v) is 6.61. The summed E-state index contributed by atoms with van der Waals surface area (Å²) in [6.45, 7) is -0.434. The number of Topliss-reactive ketones (excluding diaryl/α,β-unsaturated/α-hetero) is 1. The SMILES string of the molecule is N#C/C(C(=O)NCc1ccccc1)=C(/O)COC(=O)CCC(=O)c1cccs1. The molecule has 0 fully saturated rings. The van der Waals surface area contributed by atoms with E-state index in [1.165, 1.54) is 11.3 Å². The van der Waals surface area contributed by atoms with Gasteiger partial charge in [-0.05, 0) is 17.0 Å². The van der Waals surface area contributed by atoms with E-state index in [2.05, 4.69) is 5.32 Å². The van der Waals surface area contributed by atoms with Gasteiger partial charge in [0, 0.05) is 13.0 Å². The van der Waals surface area contributed by atoms with Gasteiger partial charge in [0.2, 0.25) is 0 Å². The van der Waals surface area contributed by atoms with Crippen LogP contribution in [-0.2, 0) is 20.9 Å². The van der Waals surface area contributed by atoms with Crippen molar-refractivity contribution in [1.82, 2.24) is 5.32 Å². The van der Waals surface area contributed by atoms with Gasteiger partial charge in [0.15, 0.2) is 17.1 Å². The van der Waals surface area contributed by atoms with E-state index in [9.17, 15) is 19.5 Å². The number of benzene rings is 1. The minimum atomic E-state index is -0.771. The first-order valence-corrected chi connectivity index (χ1v) is 9.26. The van der Waals surface area contributed by atoms with E-state index in [1.54, 1.807) is 35.7 Å². The second kappa shape index (κ2) is 10.6. The fourth-order valence-corrected chi connectivity index (χ4v) is 2.88. The Balaban J connectivity index is 1.82. The number of thiophene rings is 1. The Morgan fingerprint density at radius 3 is 2.50 bits per heavy atom. The van der Waals surface area contributed by atoms with Gasteiger partial charge in [-0.1, -0.05) is 36.4 Å². The van der Waals surface area contributed by atoms with Gasteiger partial charge in [0.25, 0.3) is 5.91 Å². The summed E-state index contributed by atoms with van der Waals surface area (Å²) in [5, 5.41) is 23.3. The van der Waals surface area contributed by atoms with Crippen LogP contribution in [0.25, 0.3) is 0 Å². The van der Waals surface area contributed by atoms with Crippen molar-refractivity contribution in [1.29, 1.82) is 5.26 Å². The monoisotopic (exact) mass is 398 g/mol. The zero-order chi connectivity index (χ0) is 20.4. The van der Waals surface area contributed by atoms with Crippen molar-refractivity contribution in [2.45, 2.75) is 19.4 Å². The number of nitrogens with one attached hydrogen (secondary N) is 1. The summed E-state index contributed by atoms with van der Waals surface area (Å²) in [4.78, 5) is 36.2. The molecule has 1 aromatic heterocycles. The van der Waals surface area contributed by atoms with Crippen molar-refractivity contribution >= 4 is 29.0 Å². The van der Waals surface area contributed by atoms with Crippen molar-refractivity contribution < 1.29 is 24.2 Å². The van der Waals surface area contributed by atoms with Crippen LogP contribution in [0.1, 0.15) is 28.1 Å². The third kappa shape index (κ3) is 6.37. The van der Waals surface area contributed by atoms with E-state index < -0.39 is 29.8 Å². The Labute approximate surface area is 165 Å². The molecule has 2 N–H and O–H groups in total. The molecule has 0 saturated carbocycles. The number of nitriles is 1. The number of ketones is 1. The maximum absolute atomic E-state index is 12.0. The molecule has 0 saturated heterocycles. The number of carbonyl (C=O) groups is 3. The minimum Gasteiger partial charge on any atom is -0.507 e. The molecule has 7 nitrogen and oxygen atoms in total. The predicted octanol–water partition coefficient (Wildman–Crippen LogP) is 2.91. The zero-order valence-electron chi connectivity index (χ0n) is 14.9. The first-order chi connectivity index (χ1) is 13.5. The van der Waals surface area contributed by atoms with Gasteiger partial charge in [0.1, 0.15) is 12.7 Å². The molecule has 2 aromatic rings. The highest BCUT2D eigenvalue weighted by atomic mass is 32.1. The smallest absolute Gasteiger partial charge is 0.306 e. The summed E-state index contributed by atoms with van der Waals surface area (Å²) in [6, 6.07) is 14.1. The summed E-state index contributed by atoms with van der Waals surface area (Å²) in [5.41, 5.74) is 0.299. The van der Waals surface area contributed by atoms with Gasteiger partial charge in [-0.25, -0.2) is 0 Å². The van der Waals surface area contributed by atoms with E-state index in [-0.39, 0.29) is 25.2 Å². The molecule has 144 valence electrons. The normalized spacial score (nSPS) is 11.1. The molecule has 0 unspecified atom stereocenters. The average molecular weight is 398 g/mol. The van der Waals surface area contributed by atoms with E-state index in [1.807, 2.05) is 18.2 Å². The lowest BCUT2D eigenvalue weighted by atomic mass is 10.2. The number of aliphatic hydroxyl groups excluding tert-OH is 1. The number of aliphatic hydroxyl groups is 1. The summed E-state index contributed by atoms with van der Waals surface area (Å²) in [6.07, 6.45) is -0.182. The quantitative estimate of drug-likeness (QED) is 0.221. The third-order valence-electron chi connectivity index (χ3n) is 3.65. The highest BCUT2D eigenvalue weighted by Crippen LogP contribution is 2.13. The molecule has 0 aliphatic rings. The number of hydrogen-bond acceptors (Lipinski definition) is 7. The molecule has 2 rings (SSSR count). The number of rotatable bonds is 9. The van der Waals surface area contributed by atoms with Gasteiger partial charge >= 0.3 is 5.97 Å². The number of nitrogens with zero attached hydrogens (tertiary/aromatic N) is 1. The largest absolute Gasteiger partial charge is 0.507 e. The molecule has 28 heavy (non-hydrogen) atoms. The van der Waals surface area contributed by atoms with Crippen LogP contribution in [0.2, 0.25) is 0 Å². The Morgan fingerprint density at radius 1 is 1.11 bits per heavy atom. The Bertz CT molecular complexity index is 898. The first kappa shape index (κ1) is 20.9. The first-order valence-electron chi connectivity index (χ1n) is 8.38. The lowest BCUT2D eigenvalue weighted by Crippen LogP contribution is -2.25. The fraction of sp³-hybridized carbons (Fsp3) is 0.200. The maximum atomic E-state index is 12.0. The lowest BCUT2D eigenvalue weighted by Gasteiger charge is -2.07. The molecule has 0 radical (unpaired) electrons. The van der Waals surface area contributed by atoms with Crippen molar-refractivity contribution in [3.63, 3.8) is 0 Å². The summed E-state index contributed by atoms with van der Waals surface area (Å²) in [5.74, 6) is -2.30. The van der Waals surface area contributed by atoms with E-state index in [0.29, 0.717) is 4.88 Å². The molecular formula is C20H18N2O5S. The predicted molar refractivity (Wildman–Crippen MR) is 102 cm³/mol. The van der Waals surface area contributed by atoms with Crippen LogP contribution in [0.3, 0.4) is 0 Å². The summed E-state index contributed by atoms with van der Waals surface area (Å²) in [7, 11) is 0. The minimum absolute atomic E-state index is 0.0213. The van der Waals surface area contributed by atoms with Gasteiger partial charge < -0.3 is 15.2 Å². The average Bonchev–Trinajstić information content (AvgIpc) is 3.25. The Kier molecular flexibility index (Phi) is 7.93. The number of amides is 1. The number of ether oxygens (including phenoxy) is 1. The Hall–Kier alpha value is -3.44. The van der Waals surface area contributed by atoms with Crippen LogP contribution < -0.4 is 5.32 Å². The highest BCUT2D eigenvalue weighted by molar-refractivity contribution is 7.12. The van der Waals surface area contributed by atoms with E-state index in [0.717, 1.165) is 5.56 Å². The van der Waals surface area contributed by atoms with Crippen molar-refractivity contribution in [2.75, 3.05) is 6.61 Å². The number of esters is 1. The molecule has 1 heterocycles. The van der Waals surface area contributed by atoms with Crippen molar-refractivity contribution in [3.05, 3.63) is 69.6 Å². The van der Waals surface area contributed by atoms with Crippen LogP contribution in [0, 0.1) is 11.3 Å². The second-order valence-electron chi connectivity index (χ2n) is 5.66. The number of carbonyl (C=O) groups excluding carboxylic acids is 3. The third-order valence-corrected chi connectivity index (χ3v) is 4.56. The van der Waals surface area contributed by atoms with Crippen molar-refractivity contribution in [2.24, 2.45) is 0 Å².